The Morgan fingerprint density at radius 2 is 2.10 bits per heavy atom. The number of hydrogen-bond acceptors (Lipinski definition) is 3. The van der Waals surface area contributed by atoms with Crippen molar-refractivity contribution in [1.29, 1.82) is 0 Å². The Kier molecular flexibility index (Phi) is 5.28. The Hall–Kier alpha value is -2.70. The molecule has 31 heavy (non-hydrogen) atoms. The quantitative estimate of drug-likeness (QED) is 0.758. The molecule has 1 aromatic carbocycles. The molecule has 3 aliphatic heterocycles. The summed E-state index contributed by atoms with van der Waals surface area (Å²) >= 11 is 0. The summed E-state index contributed by atoms with van der Waals surface area (Å²) in [6, 6.07) is 6.88. The van der Waals surface area contributed by atoms with Gasteiger partial charge in [-0.05, 0) is 67.7 Å². The lowest BCUT2D eigenvalue weighted by Crippen LogP contribution is -2.66. The highest BCUT2D eigenvalue weighted by molar-refractivity contribution is 5.78. The van der Waals surface area contributed by atoms with Crippen LogP contribution in [0, 0.1) is 24.6 Å². The Labute approximate surface area is 182 Å². The highest BCUT2D eigenvalue weighted by atomic mass is 19.1. The number of aryl methyl sites for hydroxylation is 1. The Balaban J connectivity index is 1.39. The van der Waals surface area contributed by atoms with Crippen LogP contribution in [-0.4, -0.2) is 56.6 Å². The third-order valence-corrected chi connectivity index (χ3v) is 7.24. The summed E-state index contributed by atoms with van der Waals surface area (Å²) in [6.45, 7) is 3.56. The first-order chi connectivity index (χ1) is 15.0. The van der Waals surface area contributed by atoms with Gasteiger partial charge in [0.1, 0.15) is 12.4 Å². The second kappa shape index (κ2) is 8.09. The van der Waals surface area contributed by atoms with Gasteiger partial charge >= 0.3 is 0 Å². The van der Waals surface area contributed by atoms with Crippen molar-refractivity contribution >= 4 is 11.8 Å². The van der Waals surface area contributed by atoms with Gasteiger partial charge in [0.2, 0.25) is 11.8 Å². The molecule has 2 amide bonds. The molecule has 3 saturated heterocycles. The van der Waals surface area contributed by atoms with Crippen molar-refractivity contribution in [2.45, 2.75) is 57.7 Å². The fraction of sp³-hybridized carbons (Fsp3) is 0.542. The van der Waals surface area contributed by atoms with Crippen LogP contribution < -0.4 is 0 Å². The van der Waals surface area contributed by atoms with E-state index < -0.39 is 0 Å². The number of rotatable bonds is 4. The van der Waals surface area contributed by atoms with Gasteiger partial charge in [0, 0.05) is 37.8 Å². The average molecular weight is 425 g/mol. The topological polar surface area (TPSA) is 58.4 Å². The van der Waals surface area contributed by atoms with E-state index in [9.17, 15) is 14.0 Å². The molecule has 5 rings (SSSR count). The maximum absolute atomic E-state index is 13.8. The predicted molar refractivity (Wildman–Crippen MR) is 114 cm³/mol. The smallest absolute Gasteiger partial charge is 0.244 e. The number of nitrogens with zero attached hydrogens (tertiary/aromatic N) is 4. The molecule has 0 N–H and O–H groups in total. The SMILES string of the molecule is Cc1cnn(CC(=O)N2C[C@H]3C[C@@H](C2)[C@H](Cc2cccc(F)c2)N2C(=O)CCC[C@@H]32)c1. The normalized spacial score (nSPS) is 27.9. The third kappa shape index (κ3) is 3.98. The second-order valence-electron chi connectivity index (χ2n) is 9.43. The van der Waals surface area contributed by atoms with E-state index >= 15 is 0 Å². The van der Waals surface area contributed by atoms with Crippen LogP contribution in [0.5, 0.6) is 0 Å². The van der Waals surface area contributed by atoms with Gasteiger partial charge in [0.05, 0.1) is 6.20 Å². The summed E-state index contributed by atoms with van der Waals surface area (Å²) in [5, 5.41) is 4.26. The van der Waals surface area contributed by atoms with Crippen molar-refractivity contribution < 1.29 is 14.0 Å². The first-order valence-corrected chi connectivity index (χ1v) is 11.3. The summed E-state index contributed by atoms with van der Waals surface area (Å²) in [6.07, 6.45) is 7.81. The van der Waals surface area contributed by atoms with E-state index in [2.05, 4.69) is 10.00 Å². The number of benzene rings is 1. The highest BCUT2D eigenvalue weighted by Crippen LogP contribution is 2.42. The largest absolute Gasteiger partial charge is 0.340 e. The maximum atomic E-state index is 13.8. The molecule has 164 valence electrons. The number of fused-ring (bicyclic) bond motifs is 4. The van der Waals surface area contributed by atoms with Gasteiger partial charge in [-0.1, -0.05) is 12.1 Å². The zero-order valence-electron chi connectivity index (χ0n) is 17.9. The van der Waals surface area contributed by atoms with Crippen molar-refractivity contribution in [3.63, 3.8) is 0 Å². The van der Waals surface area contributed by atoms with Gasteiger partial charge in [0.15, 0.2) is 0 Å². The lowest BCUT2D eigenvalue weighted by molar-refractivity contribution is -0.156. The van der Waals surface area contributed by atoms with Crippen LogP contribution in [0.1, 0.15) is 36.8 Å². The Bertz CT molecular complexity index is 989. The van der Waals surface area contributed by atoms with Gasteiger partial charge in [-0.25, -0.2) is 4.39 Å². The van der Waals surface area contributed by atoms with Crippen LogP contribution in [0.15, 0.2) is 36.7 Å². The zero-order chi connectivity index (χ0) is 21.5. The van der Waals surface area contributed by atoms with Crippen molar-refractivity contribution in [1.82, 2.24) is 19.6 Å². The van der Waals surface area contributed by atoms with Gasteiger partial charge in [0.25, 0.3) is 0 Å². The number of carbonyl (C=O) groups excluding carboxylic acids is 2. The third-order valence-electron chi connectivity index (χ3n) is 7.24. The molecule has 4 heterocycles. The van der Waals surface area contributed by atoms with Gasteiger partial charge in [-0.3, -0.25) is 14.3 Å². The van der Waals surface area contributed by atoms with Gasteiger partial charge < -0.3 is 9.80 Å². The number of piperidine rings is 3. The van der Waals surface area contributed by atoms with Gasteiger partial charge in [-0.2, -0.15) is 5.10 Å². The van der Waals surface area contributed by atoms with E-state index in [0.717, 1.165) is 30.4 Å². The highest BCUT2D eigenvalue weighted by Gasteiger charge is 2.49. The number of hydrogen-bond donors (Lipinski definition) is 0. The Morgan fingerprint density at radius 3 is 2.87 bits per heavy atom. The molecular formula is C24H29FN4O2. The molecule has 0 spiro atoms. The molecule has 0 unspecified atom stereocenters. The number of likely N-dealkylation sites (tertiary alicyclic amines) is 1. The first-order valence-electron chi connectivity index (χ1n) is 11.3. The van der Waals surface area contributed by atoms with E-state index in [4.69, 9.17) is 0 Å². The molecule has 0 radical (unpaired) electrons. The molecule has 0 saturated carbocycles. The molecule has 7 heteroatoms. The molecule has 2 aromatic rings. The molecule has 3 aliphatic rings. The van der Waals surface area contributed by atoms with E-state index in [1.54, 1.807) is 23.0 Å². The molecule has 4 atom stereocenters. The summed E-state index contributed by atoms with van der Waals surface area (Å²) in [4.78, 5) is 30.1. The molecular weight excluding hydrogens is 395 g/mol. The van der Waals surface area contributed by atoms with Crippen LogP contribution in [0.2, 0.25) is 0 Å². The van der Waals surface area contributed by atoms with Crippen molar-refractivity contribution in [2.24, 2.45) is 11.8 Å². The fourth-order valence-corrected chi connectivity index (χ4v) is 5.94. The summed E-state index contributed by atoms with van der Waals surface area (Å²) in [5.74, 6) is 0.582. The van der Waals surface area contributed by atoms with Crippen LogP contribution in [0.4, 0.5) is 4.39 Å². The first kappa shape index (κ1) is 20.2. The van der Waals surface area contributed by atoms with Crippen LogP contribution in [0.25, 0.3) is 0 Å². The maximum Gasteiger partial charge on any atom is 0.244 e. The number of aromatic nitrogens is 2. The van der Waals surface area contributed by atoms with Crippen LogP contribution >= 0.6 is 0 Å². The minimum Gasteiger partial charge on any atom is -0.340 e. The minimum atomic E-state index is -0.248. The van der Waals surface area contributed by atoms with Gasteiger partial charge in [-0.15, -0.1) is 0 Å². The van der Waals surface area contributed by atoms with Crippen LogP contribution in [-0.2, 0) is 22.6 Å². The molecule has 1 aromatic heterocycles. The second-order valence-corrected chi connectivity index (χ2v) is 9.43. The summed E-state index contributed by atoms with van der Waals surface area (Å²) in [5.41, 5.74) is 1.95. The van der Waals surface area contributed by atoms with E-state index in [-0.39, 0.29) is 42.2 Å². The van der Waals surface area contributed by atoms with E-state index in [1.807, 2.05) is 24.1 Å². The summed E-state index contributed by atoms with van der Waals surface area (Å²) < 4.78 is 15.5. The molecule has 0 aliphatic carbocycles. The molecule has 3 fully saturated rings. The van der Waals surface area contributed by atoms with Crippen molar-refractivity contribution in [3.05, 3.63) is 53.6 Å². The lowest BCUT2D eigenvalue weighted by atomic mass is 9.70. The predicted octanol–water partition coefficient (Wildman–Crippen LogP) is 2.80. The Morgan fingerprint density at radius 1 is 1.26 bits per heavy atom. The van der Waals surface area contributed by atoms with Crippen LogP contribution in [0.3, 0.4) is 0 Å². The van der Waals surface area contributed by atoms with Crippen molar-refractivity contribution in [3.8, 4) is 0 Å². The van der Waals surface area contributed by atoms with E-state index in [1.165, 1.54) is 6.07 Å². The molecule has 2 bridgehead atoms. The van der Waals surface area contributed by atoms with E-state index in [0.29, 0.717) is 31.8 Å². The monoisotopic (exact) mass is 424 g/mol. The van der Waals surface area contributed by atoms with Crippen molar-refractivity contribution in [2.75, 3.05) is 13.1 Å². The number of amides is 2. The number of carbonyl (C=O) groups is 2. The standard InChI is InChI=1S/C24H29FN4O2/c1-16-11-26-28(12-16)15-24(31)27-13-18-10-19(14-27)22(9-17-4-2-5-20(25)8-17)29-21(18)6-3-7-23(29)30/h2,4-5,8,11-12,18-19,21-22H,3,6-7,9-10,13-15H2,1H3/t18-,19+,21+,22+/m1/s1. The zero-order valence-corrected chi connectivity index (χ0v) is 17.9. The lowest BCUT2D eigenvalue weighted by Gasteiger charge is -2.56. The summed E-state index contributed by atoms with van der Waals surface area (Å²) in [7, 11) is 0. The average Bonchev–Trinajstić information content (AvgIpc) is 3.15. The number of halogens is 1. The molecule has 6 nitrogen and oxygen atoms in total. The fourth-order valence-electron chi connectivity index (χ4n) is 5.94. The minimum absolute atomic E-state index is 0.0124.